The van der Waals surface area contributed by atoms with Crippen LogP contribution in [0.1, 0.15) is 24.5 Å². The molecule has 2 heterocycles. The SMILES string of the molecule is CCNC1CCN(c2nc(-c3c(N)ccc(N)c3C(F)(F)F)nc3cccc(C)c23)C1. The summed E-state index contributed by atoms with van der Waals surface area (Å²) >= 11 is 0. The first-order valence-corrected chi connectivity index (χ1v) is 10.2. The minimum Gasteiger partial charge on any atom is -0.398 e. The Kier molecular flexibility index (Phi) is 5.38. The van der Waals surface area contributed by atoms with Gasteiger partial charge in [0, 0.05) is 35.9 Å². The van der Waals surface area contributed by atoms with E-state index in [-0.39, 0.29) is 17.1 Å². The molecule has 1 fully saturated rings. The Morgan fingerprint density at radius 1 is 1.13 bits per heavy atom. The molecule has 1 aliphatic heterocycles. The molecule has 31 heavy (non-hydrogen) atoms. The number of anilines is 3. The van der Waals surface area contributed by atoms with Gasteiger partial charge in [-0.1, -0.05) is 19.1 Å². The number of aromatic nitrogens is 2. The summed E-state index contributed by atoms with van der Waals surface area (Å²) in [4.78, 5) is 11.2. The molecular formula is C22H25F3N6. The number of nitrogens with two attached hydrogens (primary N) is 2. The second-order valence-electron chi connectivity index (χ2n) is 7.82. The molecule has 1 saturated heterocycles. The van der Waals surface area contributed by atoms with Crippen molar-refractivity contribution in [2.75, 3.05) is 36.0 Å². The van der Waals surface area contributed by atoms with Gasteiger partial charge in [-0.15, -0.1) is 0 Å². The molecule has 0 saturated carbocycles. The van der Waals surface area contributed by atoms with Crippen molar-refractivity contribution < 1.29 is 13.2 Å². The third-order valence-corrected chi connectivity index (χ3v) is 5.67. The van der Waals surface area contributed by atoms with Crippen molar-refractivity contribution in [1.82, 2.24) is 15.3 Å². The van der Waals surface area contributed by atoms with Crippen LogP contribution in [-0.2, 0) is 6.18 Å². The summed E-state index contributed by atoms with van der Waals surface area (Å²) in [5.74, 6) is 0.547. The van der Waals surface area contributed by atoms with Crippen LogP contribution in [0, 0.1) is 6.92 Å². The van der Waals surface area contributed by atoms with Gasteiger partial charge in [-0.25, -0.2) is 9.97 Å². The molecule has 0 spiro atoms. The van der Waals surface area contributed by atoms with Crippen LogP contribution in [0.15, 0.2) is 30.3 Å². The molecule has 1 aliphatic rings. The van der Waals surface area contributed by atoms with Crippen LogP contribution in [-0.4, -0.2) is 35.6 Å². The average Bonchev–Trinajstić information content (AvgIpc) is 3.17. The third-order valence-electron chi connectivity index (χ3n) is 5.67. The van der Waals surface area contributed by atoms with Crippen molar-refractivity contribution in [2.45, 2.75) is 32.5 Å². The highest BCUT2D eigenvalue weighted by Crippen LogP contribution is 2.43. The highest BCUT2D eigenvalue weighted by Gasteiger charge is 2.38. The lowest BCUT2D eigenvalue weighted by Gasteiger charge is -2.23. The molecule has 0 bridgehead atoms. The van der Waals surface area contributed by atoms with Crippen molar-refractivity contribution >= 4 is 28.1 Å². The number of hydrogen-bond donors (Lipinski definition) is 3. The zero-order valence-electron chi connectivity index (χ0n) is 17.4. The van der Waals surface area contributed by atoms with E-state index in [1.54, 1.807) is 6.07 Å². The number of benzene rings is 2. The van der Waals surface area contributed by atoms with E-state index in [4.69, 9.17) is 11.5 Å². The lowest BCUT2D eigenvalue weighted by Crippen LogP contribution is -2.32. The van der Waals surface area contributed by atoms with Gasteiger partial charge in [-0.3, -0.25) is 0 Å². The maximum atomic E-state index is 13.9. The Hall–Kier alpha value is -3.07. The summed E-state index contributed by atoms with van der Waals surface area (Å²) in [7, 11) is 0. The van der Waals surface area contributed by atoms with Crippen molar-refractivity contribution in [3.63, 3.8) is 0 Å². The van der Waals surface area contributed by atoms with Crippen molar-refractivity contribution in [1.29, 1.82) is 0 Å². The molecule has 0 aliphatic carbocycles. The van der Waals surface area contributed by atoms with E-state index in [1.165, 1.54) is 6.07 Å². The molecule has 6 nitrogen and oxygen atoms in total. The van der Waals surface area contributed by atoms with E-state index in [1.807, 2.05) is 26.0 Å². The Labute approximate surface area is 178 Å². The van der Waals surface area contributed by atoms with E-state index in [0.717, 1.165) is 36.5 Å². The number of rotatable bonds is 4. The number of halogens is 3. The van der Waals surface area contributed by atoms with Gasteiger partial charge in [0.1, 0.15) is 5.82 Å². The van der Waals surface area contributed by atoms with Gasteiger partial charge in [-0.2, -0.15) is 13.2 Å². The van der Waals surface area contributed by atoms with Gasteiger partial charge in [-0.05, 0) is 43.7 Å². The standard InChI is InChI=1S/C22H25F3N6/c1-3-28-13-9-10-31(11-13)21-17-12(2)5-4-6-16(17)29-20(30-21)18-14(26)7-8-15(27)19(18)22(23,24)25/h4-8,13,28H,3,9-11,26-27H2,1-2H3. The summed E-state index contributed by atoms with van der Waals surface area (Å²) in [5.41, 5.74) is 11.5. The lowest BCUT2D eigenvalue weighted by atomic mass is 10.0. The topological polar surface area (TPSA) is 93.1 Å². The number of likely N-dealkylation sites (N-methyl/N-ethyl adjacent to an activating group) is 1. The first-order valence-electron chi connectivity index (χ1n) is 10.2. The normalized spacial score (nSPS) is 16.9. The van der Waals surface area contributed by atoms with Gasteiger partial charge < -0.3 is 21.7 Å². The van der Waals surface area contributed by atoms with E-state index < -0.39 is 17.4 Å². The summed E-state index contributed by atoms with van der Waals surface area (Å²) in [6.45, 7) is 6.30. The zero-order chi connectivity index (χ0) is 22.3. The number of alkyl halides is 3. The van der Waals surface area contributed by atoms with Crippen LogP contribution >= 0.6 is 0 Å². The van der Waals surface area contributed by atoms with E-state index >= 15 is 0 Å². The second-order valence-corrected chi connectivity index (χ2v) is 7.82. The van der Waals surface area contributed by atoms with Crippen molar-refractivity contribution in [3.05, 3.63) is 41.5 Å². The molecule has 1 unspecified atom stereocenters. The number of aryl methyl sites for hydroxylation is 1. The molecule has 9 heteroatoms. The predicted molar refractivity (Wildman–Crippen MR) is 118 cm³/mol. The average molecular weight is 430 g/mol. The third kappa shape index (κ3) is 3.85. The minimum atomic E-state index is -4.69. The second kappa shape index (κ2) is 7.88. The summed E-state index contributed by atoms with van der Waals surface area (Å²) in [5, 5.41) is 4.26. The lowest BCUT2D eigenvalue weighted by molar-refractivity contribution is -0.136. The molecule has 1 aromatic heterocycles. The van der Waals surface area contributed by atoms with Crippen LogP contribution in [0.2, 0.25) is 0 Å². The van der Waals surface area contributed by atoms with Crippen molar-refractivity contribution in [2.24, 2.45) is 0 Å². The van der Waals surface area contributed by atoms with Gasteiger partial charge in [0.2, 0.25) is 0 Å². The fraction of sp³-hybridized carbons (Fsp3) is 0.364. The fourth-order valence-corrected chi connectivity index (χ4v) is 4.26. The Bertz CT molecular complexity index is 1130. The number of nitrogens with one attached hydrogen (secondary N) is 1. The molecule has 0 amide bonds. The first kappa shape index (κ1) is 21.2. The molecule has 164 valence electrons. The largest absolute Gasteiger partial charge is 0.419 e. The predicted octanol–water partition coefficient (Wildman–Crippen LogP) is 3.98. The zero-order valence-corrected chi connectivity index (χ0v) is 17.4. The molecular weight excluding hydrogens is 405 g/mol. The molecule has 4 rings (SSSR count). The number of nitrogen functional groups attached to an aromatic ring is 2. The summed E-state index contributed by atoms with van der Waals surface area (Å²) in [6.07, 6.45) is -3.77. The Balaban J connectivity index is 1.96. The summed E-state index contributed by atoms with van der Waals surface area (Å²) < 4.78 is 41.6. The number of nitrogens with zero attached hydrogens (tertiary/aromatic N) is 3. The van der Waals surface area contributed by atoms with Crippen molar-refractivity contribution in [3.8, 4) is 11.4 Å². The number of hydrogen-bond acceptors (Lipinski definition) is 6. The molecule has 3 aromatic rings. The monoisotopic (exact) mass is 430 g/mol. The van der Waals surface area contributed by atoms with Gasteiger partial charge in [0.25, 0.3) is 0 Å². The highest BCUT2D eigenvalue weighted by atomic mass is 19.4. The molecule has 0 radical (unpaired) electrons. The van der Waals surface area contributed by atoms with Gasteiger partial charge in [0.15, 0.2) is 5.82 Å². The van der Waals surface area contributed by atoms with Crippen LogP contribution in [0.4, 0.5) is 30.4 Å². The number of fused-ring (bicyclic) bond motifs is 1. The first-order chi connectivity index (χ1) is 14.7. The smallest absolute Gasteiger partial charge is 0.398 e. The molecule has 1 atom stereocenters. The molecule has 5 N–H and O–H groups in total. The van der Waals surface area contributed by atoms with Crippen LogP contribution in [0.3, 0.4) is 0 Å². The van der Waals surface area contributed by atoms with E-state index in [9.17, 15) is 13.2 Å². The Morgan fingerprint density at radius 3 is 2.58 bits per heavy atom. The van der Waals surface area contributed by atoms with Crippen LogP contribution in [0.25, 0.3) is 22.3 Å². The fourth-order valence-electron chi connectivity index (χ4n) is 4.26. The Morgan fingerprint density at radius 2 is 1.87 bits per heavy atom. The minimum absolute atomic E-state index is 0.0635. The van der Waals surface area contributed by atoms with E-state index in [2.05, 4.69) is 20.2 Å². The van der Waals surface area contributed by atoms with Gasteiger partial charge in [0.05, 0.1) is 16.6 Å². The molecule has 2 aromatic carbocycles. The summed E-state index contributed by atoms with van der Waals surface area (Å²) in [6, 6.07) is 8.38. The highest BCUT2D eigenvalue weighted by molar-refractivity contribution is 5.95. The quantitative estimate of drug-likeness (QED) is 0.542. The van der Waals surface area contributed by atoms with E-state index in [0.29, 0.717) is 23.9 Å². The maximum absolute atomic E-state index is 13.9. The van der Waals surface area contributed by atoms with Gasteiger partial charge >= 0.3 is 6.18 Å². The maximum Gasteiger partial charge on any atom is 0.419 e. The van der Waals surface area contributed by atoms with Crippen LogP contribution in [0.5, 0.6) is 0 Å². The van der Waals surface area contributed by atoms with Crippen LogP contribution < -0.4 is 21.7 Å².